The van der Waals surface area contributed by atoms with Gasteiger partial charge < -0.3 is 5.32 Å². The SMILES string of the molecule is CC(C)(C)Cc1nnc(NC(=O)CC(c2ccccc2)c2ccccc2)s1. The molecule has 1 heterocycles. The standard InChI is InChI=1S/C22H25N3OS/c1-22(2,3)15-20-24-25-21(27-20)23-19(26)14-18(16-10-6-4-7-11-16)17-12-8-5-9-13-17/h4-13,18H,14-15H2,1-3H3,(H,23,25,26). The predicted octanol–water partition coefficient (Wildman–Crippen LogP) is 5.29. The Kier molecular flexibility index (Phi) is 6.01. The molecule has 1 amide bonds. The van der Waals surface area contributed by atoms with Crippen LogP contribution in [0.15, 0.2) is 60.7 Å². The lowest BCUT2D eigenvalue weighted by Gasteiger charge is -2.17. The van der Waals surface area contributed by atoms with Crippen LogP contribution in [-0.2, 0) is 11.2 Å². The summed E-state index contributed by atoms with van der Waals surface area (Å²) < 4.78 is 0. The number of aromatic nitrogens is 2. The van der Waals surface area contributed by atoms with Crippen LogP contribution in [0, 0.1) is 5.41 Å². The van der Waals surface area contributed by atoms with Crippen molar-refractivity contribution >= 4 is 22.4 Å². The number of nitrogens with one attached hydrogen (secondary N) is 1. The topological polar surface area (TPSA) is 54.9 Å². The van der Waals surface area contributed by atoms with Crippen LogP contribution < -0.4 is 5.32 Å². The molecule has 0 saturated heterocycles. The van der Waals surface area contributed by atoms with Crippen LogP contribution in [0.2, 0.25) is 0 Å². The lowest BCUT2D eigenvalue weighted by molar-refractivity contribution is -0.116. The molecule has 140 valence electrons. The third-order valence-corrected chi connectivity index (χ3v) is 5.03. The number of anilines is 1. The summed E-state index contributed by atoms with van der Waals surface area (Å²) in [6.07, 6.45) is 1.21. The highest BCUT2D eigenvalue weighted by atomic mass is 32.1. The first-order valence-electron chi connectivity index (χ1n) is 9.13. The first-order valence-corrected chi connectivity index (χ1v) is 9.94. The van der Waals surface area contributed by atoms with E-state index >= 15 is 0 Å². The van der Waals surface area contributed by atoms with Crippen molar-refractivity contribution < 1.29 is 4.79 Å². The number of nitrogens with zero attached hydrogens (tertiary/aromatic N) is 2. The van der Waals surface area contributed by atoms with E-state index in [1.165, 1.54) is 11.3 Å². The van der Waals surface area contributed by atoms with Gasteiger partial charge in [0, 0.05) is 18.8 Å². The molecule has 4 nitrogen and oxygen atoms in total. The zero-order valence-electron chi connectivity index (χ0n) is 16.0. The Morgan fingerprint density at radius 3 is 2.04 bits per heavy atom. The van der Waals surface area contributed by atoms with Crippen LogP contribution in [-0.4, -0.2) is 16.1 Å². The van der Waals surface area contributed by atoms with Gasteiger partial charge in [-0.1, -0.05) is 92.8 Å². The molecule has 0 unspecified atom stereocenters. The number of carbonyl (C=O) groups excluding carboxylic acids is 1. The van der Waals surface area contributed by atoms with E-state index in [1.807, 2.05) is 36.4 Å². The van der Waals surface area contributed by atoms with Crippen LogP contribution in [0.3, 0.4) is 0 Å². The summed E-state index contributed by atoms with van der Waals surface area (Å²) in [6.45, 7) is 6.49. The predicted molar refractivity (Wildman–Crippen MR) is 111 cm³/mol. The molecule has 27 heavy (non-hydrogen) atoms. The summed E-state index contributed by atoms with van der Waals surface area (Å²) in [6, 6.07) is 20.3. The van der Waals surface area contributed by atoms with Crippen molar-refractivity contribution in [1.82, 2.24) is 10.2 Å². The van der Waals surface area contributed by atoms with E-state index in [0.717, 1.165) is 22.6 Å². The van der Waals surface area contributed by atoms with Crippen molar-refractivity contribution in [2.75, 3.05) is 5.32 Å². The van der Waals surface area contributed by atoms with Gasteiger partial charge in [-0.25, -0.2) is 0 Å². The van der Waals surface area contributed by atoms with Crippen molar-refractivity contribution in [3.63, 3.8) is 0 Å². The van der Waals surface area contributed by atoms with E-state index in [0.29, 0.717) is 11.6 Å². The lowest BCUT2D eigenvalue weighted by atomic mass is 9.88. The molecule has 3 aromatic rings. The largest absolute Gasteiger partial charge is 0.300 e. The molecule has 3 rings (SSSR count). The molecule has 0 fully saturated rings. The Morgan fingerprint density at radius 2 is 1.52 bits per heavy atom. The van der Waals surface area contributed by atoms with Crippen molar-refractivity contribution in [3.05, 3.63) is 76.8 Å². The van der Waals surface area contributed by atoms with Gasteiger partial charge in [-0.15, -0.1) is 10.2 Å². The molecule has 2 aromatic carbocycles. The van der Waals surface area contributed by atoms with Crippen LogP contribution in [0.25, 0.3) is 0 Å². The third-order valence-electron chi connectivity index (χ3n) is 4.19. The molecule has 0 aliphatic heterocycles. The van der Waals surface area contributed by atoms with E-state index in [2.05, 4.69) is 60.6 Å². The molecule has 0 bridgehead atoms. The van der Waals surface area contributed by atoms with Gasteiger partial charge in [0.1, 0.15) is 5.01 Å². The molecule has 1 aromatic heterocycles. The fourth-order valence-electron chi connectivity index (χ4n) is 2.98. The fraction of sp³-hybridized carbons (Fsp3) is 0.318. The van der Waals surface area contributed by atoms with Crippen molar-refractivity contribution in [2.45, 2.75) is 39.5 Å². The number of hydrogen-bond acceptors (Lipinski definition) is 4. The number of hydrogen-bond donors (Lipinski definition) is 1. The second kappa shape index (κ2) is 8.44. The molecule has 0 saturated carbocycles. The second-order valence-electron chi connectivity index (χ2n) is 7.86. The van der Waals surface area contributed by atoms with Gasteiger partial charge in [0.25, 0.3) is 0 Å². The maximum atomic E-state index is 12.7. The van der Waals surface area contributed by atoms with E-state index in [1.54, 1.807) is 0 Å². The van der Waals surface area contributed by atoms with Crippen molar-refractivity contribution in [2.24, 2.45) is 5.41 Å². The minimum absolute atomic E-state index is 0.00867. The maximum Gasteiger partial charge on any atom is 0.227 e. The Hall–Kier alpha value is -2.53. The van der Waals surface area contributed by atoms with Gasteiger partial charge in [-0.05, 0) is 16.5 Å². The van der Waals surface area contributed by atoms with E-state index in [4.69, 9.17) is 0 Å². The third kappa shape index (κ3) is 5.73. The molecule has 0 spiro atoms. The molecular weight excluding hydrogens is 354 g/mol. The summed E-state index contributed by atoms with van der Waals surface area (Å²) in [4.78, 5) is 12.7. The second-order valence-corrected chi connectivity index (χ2v) is 8.93. The Morgan fingerprint density at radius 1 is 0.963 bits per heavy atom. The summed E-state index contributed by atoms with van der Waals surface area (Å²) in [7, 11) is 0. The number of benzene rings is 2. The van der Waals surface area contributed by atoms with Gasteiger partial charge in [0.15, 0.2) is 0 Å². The van der Waals surface area contributed by atoms with Crippen LogP contribution in [0.5, 0.6) is 0 Å². The average molecular weight is 380 g/mol. The van der Waals surface area contributed by atoms with E-state index < -0.39 is 0 Å². The number of rotatable bonds is 6. The number of amides is 1. The zero-order chi connectivity index (χ0) is 19.3. The summed E-state index contributed by atoms with van der Waals surface area (Å²) in [5, 5.41) is 12.8. The van der Waals surface area contributed by atoms with Gasteiger partial charge >= 0.3 is 0 Å². The summed E-state index contributed by atoms with van der Waals surface area (Å²) >= 11 is 1.45. The first kappa shape index (κ1) is 19.2. The van der Waals surface area contributed by atoms with E-state index in [9.17, 15) is 4.79 Å². The average Bonchev–Trinajstić information content (AvgIpc) is 3.06. The molecule has 0 radical (unpaired) electrons. The van der Waals surface area contributed by atoms with Crippen LogP contribution >= 0.6 is 11.3 Å². The normalized spacial score (nSPS) is 11.6. The summed E-state index contributed by atoms with van der Waals surface area (Å²) in [5.74, 6) is -0.0412. The van der Waals surface area contributed by atoms with Crippen molar-refractivity contribution in [1.29, 1.82) is 0 Å². The maximum absolute atomic E-state index is 12.7. The van der Waals surface area contributed by atoms with Gasteiger partial charge in [-0.3, -0.25) is 4.79 Å². The smallest absolute Gasteiger partial charge is 0.227 e. The van der Waals surface area contributed by atoms with E-state index in [-0.39, 0.29) is 17.2 Å². The minimum Gasteiger partial charge on any atom is -0.300 e. The molecule has 5 heteroatoms. The minimum atomic E-state index is -0.0498. The Bertz CT molecular complexity index is 830. The highest BCUT2D eigenvalue weighted by Gasteiger charge is 2.20. The van der Waals surface area contributed by atoms with Crippen LogP contribution in [0.4, 0.5) is 5.13 Å². The molecule has 1 N–H and O–H groups in total. The van der Waals surface area contributed by atoms with Gasteiger partial charge in [-0.2, -0.15) is 0 Å². The van der Waals surface area contributed by atoms with Gasteiger partial charge in [0.05, 0.1) is 0 Å². The molecule has 0 aliphatic carbocycles. The number of carbonyl (C=O) groups is 1. The van der Waals surface area contributed by atoms with Crippen molar-refractivity contribution in [3.8, 4) is 0 Å². The summed E-state index contributed by atoms with van der Waals surface area (Å²) in [5.41, 5.74) is 2.40. The zero-order valence-corrected chi connectivity index (χ0v) is 16.8. The molecular formula is C22H25N3OS. The lowest BCUT2D eigenvalue weighted by Crippen LogP contribution is -2.16. The Labute approximate surface area is 164 Å². The molecule has 0 atom stereocenters. The van der Waals surface area contributed by atoms with Gasteiger partial charge in [0.2, 0.25) is 11.0 Å². The monoisotopic (exact) mass is 379 g/mol. The fourth-order valence-corrected chi connectivity index (χ4v) is 4.04. The Balaban J connectivity index is 1.72. The van der Waals surface area contributed by atoms with Crippen LogP contribution in [0.1, 0.15) is 49.2 Å². The molecule has 0 aliphatic rings. The highest BCUT2D eigenvalue weighted by Crippen LogP contribution is 2.29. The highest BCUT2D eigenvalue weighted by molar-refractivity contribution is 7.15. The quantitative estimate of drug-likeness (QED) is 0.633. The first-order chi connectivity index (χ1) is 12.9.